The summed E-state index contributed by atoms with van der Waals surface area (Å²) >= 11 is 0. The van der Waals surface area contributed by atoms with Crippen LogP contribution in [0, 0.1) is 5.41 Å². The molecule has 1 unspecified atom stereocenters. The van der Waals surface area contributed by atoms with Gasteiger partial charge >= 0.3 is 0 Å². The summed E-state index contributed by atoms with van der Waals surface area (Å²) in [7, 11) is 0. The minimum Gasteiger partial charge on any atom is -0.381 e. The predicted octanol–water partition coefficient (Wildman–Crippen LogP) is 1.81. The summed E-state index contributed by atoms with van der Waals surface area (Å²) in [5, 5.41) is 10.6. The first-order valence-corrected chi connectivity index (χ1v) is 5.33. The van der Waals surface area contributed by atoms with Crippen molar-refractivity contribution in [3.05, 3.63) is 23.8 Å². The van der Waals surface area contributed by atoms with E-state index in [-0.39, 0.29) is 18.0 Å². The lowest BCUT2D eigenvalue weighted by Crippen LogP contribution is -2.48. The van der Waals surface area contributed by atoms with Crippen LogP contribution in [-0.2, 0) is 9.59 Å². The Bertz CT molecular complexity index is 388. The van der Waals surface area contributed by atoms with Crippen LogP contribution in [0.3, 0.4) is 0 Å². The fourth-order valence-corrected chi connectivity index (χ4v) is 2.10. The zero-order valence-electron chi connectivity index (χ0n) is 10.2. The fraction of sp³-hybridized carbons (Fsp3) is 0.538. The molecule has 0 saturated heterocycles. The molecule has 0 aromatic rings. The minimum absolute atomic E-state index is 0.0170. The second-order valence-corrected chi connectivity index (χ2v) is 5.06. The number of carbonyl (C=O) groups excluding carboxylic acids is 2. The van der Waals surface area contributed by atoms with Gasteiger partial charge in [-0.25, -0.2) is 0 Å². The molecule has 16 heavy (non-hydrogen) atoms. The molecule has 88 valence electrons. The normalized spacial score (nSPS) is 29.3. The van der Waals surface area contributed by atoms with E-state index in [0.29, 0.717) is 5.57 Å². The predicted molar refractivity (Wildman–Crippen MR) is 61.9 cm³/mol. The van der Waals surface area contributed by atoms with E-state index < -0.39 is 11.0 Å². The highest BCUT2D eigenvalue weighted by Gasteiger charge is 2.46. The lowest BCUT2D eigenvalue weighted by atomic mass is 9.64. The first-order valence-electron chi connectivity index (χ1n) is 5.33. The Hall–Kier alpha value is -1.22. The Balaban J connectivity index is 3.21. The standard InChI is InChI=1S/C13H18O3/c1-9-7-11(15)8-12(3,4)13(9,16)6-5-10(2)14/h5-7,16H,8H2,1-4H3/b6-5+. The average molecular weight is 222 g/mol. The fourth-order valence-electron chi connectivity index (χ4n) is 2.10. The molecular weight excluding hydrogens is 204 g/mol. The van der Waals surface area contributed by atoms with E-state index in [0.717, 1.165) is 0 Å². The number of aliphatic hydroxyl groups is 1. The summed E-state index contributed by atoms with van der Waals surface area (Å²) in [5.41, 5.74) is -1.21. The highest BCUT2D eigenvalue weighted by molar-refractivity contribution is 5.93. The van der Waals surface area contributed by atoms with Gasteiger partial charge in [0.2, 0.25) is 0 Å². The third-order valence-electron chi connectivity index (χ3n) is 3.19. The van der Waals surface area contributed by atoms with E-state index in [4.69, 9.17) is 0 Å². The molecule has 0 fully saturated rings. The zero-order chi connectivity index (χ0) is 12.6. The molecule has 0 saturated carbocycles. The number of hydrogen-bond donors (Lipinski definition) is 1. The molecule has 3 nitrogen and oxygen atoms in total. The second-order valence-electron chi connectivity index (χ2n) is 5.06. The summed E-state index contributed by atoms with van der Waals surface area (Å²) in [5.74, 6) is -0.0997. The van der Waals surface area contributed by atoms with Crippen molar-refractivity contribution in [2.24, 2.45) is 5.41 Å². The van der Waals surface area contributed by atoms with Crippen LogP contribution >= 0.6 is 0 Å². The molecule has 1 rings (SSSR count). The lowest BCUT2D eigenvalue weighted by molar-refractivity contribution is -0.121. The molecule has 1 N–H and O–H groups in total. The van der Waals surface area contributed by atoms with Crippen molar-refractivity contribution in [3.63, 3.8) is 0 Å². The van der Waals surface area contributed by atoms with Gasteiger partial charge in [0.15, 0.2) is 11.6 Å². The Morgan fingerprint density at radius 1 is 1.50 bits per heavy atom. The Morgan fingerprint density at radius 3 is 2.50 bits per heavy atom. The van der Waals surface area contributed by atoms with Crippen molar-refractivity contribution < 1.29 is 14.7 Å². The molecule has 0 amide bonds. The maximum atomic E-state index is 11.4. The largest absolute Gasteiger partial charge is 0.381 e. The quantitative estimate of drug-likeness (QED) is 0.725. The topological polar surface area (TPSA) is 54.4 Å². The number of ketones is 2. The Labute approximate surface area is 95.9 Å². The van der Waals surface area contributed by atoms with Crippen LogP contribution < -0.4 is 0 Å². The molecule has 0 aliphatic heterocycles. The second kappa shape index (κ2) is 3.98. The van der Waals surface area contributed by atoms with Gasteiger partial charge in [-0.2, -0.15) is 0 Å². The van der Waals surface area contributed by atoms with Gasteiger partial charge in [0.25, 0.3) is 0 Å². The van der Waals surface area contributed by atoms with Gasteiger partial charge in [-0.3, -0.25) is 9.59 Å². The van der Waals surface area contributed by atoms with Gasteiger partial charge in [-0.05, 0) is 37.6 Å². The van der Waals surface area contributed by atoms with Crippen molar-refractivity contribution in [1.29, 1.82) is 0 Å². The molecule has 1 atom stereocenters. The van der Waals surface area contributed by atoms with Crippen LogP contribution in [0.25, 0.3) is 0 Å². The third-order valence-corrected chi connectivity index (χ3v) is 3.19. The van der Waals surface area contributed by atoms with Crippen molar-refractivity contribution in [3.8, 4) is 0 Å². The molecule has 0 heterocycles. The molecule has 3 heteroatoms. The highest BCUT2D eigenvalue weighted by atomic mass is 16.3. The van der Waals surface area contributed by atoms with Crippen molar-refractivity contribution in [2.45, 2.75) is 39.7 Å². The lowest BCUT2D eigenvalue weighted by Gasteiger charge is -2.43. The van der Waals surface area contributed by atoms with Crippen molar-refractivity contribution in [2.75, 3.05) is 0 Å². The summed E-state index contributed by atoms with van der Waals surface area (Å²) in [6, 6.07) is 0. The Kier molecular flexibility index (Phi) is 3.20. The van der Waals surface area contributed by atoms with E-state index >= 15 is 0 Å². The van der Waals surface area contributed by atoms with Gasteiger partial charge in [-0.1, -0.05) is 13.8 Å². The van der Waals surface area contributed by atoms with Gasteiger partial charge in [0, 0.05) is 11.8 Å². The smallest absolute Gasteiger partial charge is 0.156 e. The highest BCUT2D eigenvalue weighted by Crippen LogP contribution is 2.43. The third kappa shape index (κ3) is 2.14. The van der Waals surface area contributed by atoms with Crippen LogP contribution in [0.2, 0.25) is 0 Å². The van der Waals surface area contributed by atoms with Crippen LogP contribution in [0.1, 0.15) is 34.1 Å². The van der Waals surface area contributed by atoms with E-state index in [1.165, 1.54) is 25.2 Å². The molecule has 0 aromatic heterocycles. The maximum absolute atomic E-state index is 11.4. The van der Waals surface area contributed by atoms with E-state index in [1.807, 2.05) is 13.8 Å². The van der Waals surface area contributed by atoms with Crippen molar-refractivity contribution >= 4 is 11.6 Å². The molecule has 0 bridgehead atoms. The average Bonchev–Trinajstić information content (AvgIpc) is 2.10. The molecule has 1 aliphatic rings. The monoisotopic (exact) mass is 222 g/mol. The van der Waals surface area contributed by atoms with Crippen molar-refractivity contribution in [1.82, 2.24) is 0 Å². The summed E-state index contributed by atoms with van der Waals surface area (Å²) in [4.78, 5) is 22.4. The van der Waals surface area contributed by atoms with Crippen LogP contribution in [0.15, 0.2) is 23.8 Å². The summed E-state index contributed by atoms with van der Waals surface area (Å²) in [6.07, 6.45) is 4.58. The summed E-state index contributed by atoms with van der Waals surface area (Å²) in [6.45, 7) is 6.79. The van der Waals surface area contributed by atoms with Gasteiger partial charge < -0.3 is 5.11 Å². The first-order chi connectivity index (χ1) is 7.19. The van der Waals surface area contributed by atoms with E-state index in [9.17, 15) is 14.7 Å². The molecular formula is C13H18O3. The maximum Gasteiger partial charge on any atom is 0.156 e. The number of hydrogen-bond acceptors (Lipinski definition) is 3. The van der Waals surface area contributed by atoms with Crippen LogP contribution in [0.4, 0.5) is 0 Å². The van der Waals surface area contributed by atoms with Gasteiger partial charge in [0.05, 0.1) is 0 Å². The van der Waals surface area contributed by atoms with Crippen LogP contribution in [-0.4, -0.2) is 22.3 Å². The zero-order valence-corrected chi connectivity index (χ0v) is 10.2. The molecule has 0 aromatic carbocycles. The van der Waals surface area contributed by atoms with E-state index in [2.05, 4.69) is 0 Å². The van der Waals surface area contributed by atoms with Crippen LogP contribution in [0.5, 0.6) is 0 Å². The van der Waals surface area contributed by atoms with Gasteiger partial charge in [-0.15, -0.1) is 0 Å². The number of rotatable bonds is 2. The van der Waals surface area contributed by atoms with E-state index in [1.54, 1.807) is 6.92 Å². The number of carbonyl (C=O) groups is 2. The van der Waals surface area contributed by atoms with Gasteiger partial charge in [0.1, 0.15) is 5.60 Å². The number of allylic oxidation sites excluding steroid dienone is 2. The first kappa shape index (κ1) is 12.8. The minimum atomic E-state index is -1.22. The molecule has 0 spiro atoms. The Morgan fingerprint density at radius 2 is 2.06 bits per heavy atom. The molecule has 0 radical (unpaired) electrons. The molecule has 1 aliphatic carbocycles. The summed E-state index contributed by atoms with van der Waals surface area (Å²) < 4.78 is 0. The SMILES string of the molecule is CC(=O)/C=C/C1(O)C(C)=CC(=O)CC1(C)C.